The molecule has 7 heteroatoms. The molecular weight excluding hydrogens is 371 g/mol. The second-order valence-electron chi connectivity index (χ2n) is 3.14. The summed E-state index contributed by atoms with van der Waals surface area (Å²) in [4.78, 5) is 7.80. The van der Waals surface area contributed by atoms with Crippen LogP contribution in [0.25, 0.3) is 0 Å². The molecule has 4 nitrogen and oxygen atoms in total. The van der Waals surface area contributed by atoms with Crippen molar-refractivity contribution in [3.05, 3.63) is 45.9 Å². The molecule has 0 aliphatic carbocycles. The van der Waals surface area contributed by atoms with Crippen LogP contribution >= 0.6 is 31.9 Å². The molecule has 0 saturated heterocycles. The van der Waals surface area contributed by atoms with E-state index in [-0.39, 0.29) is 11.5 Å². The van der Waals surface area contributed by atoms with Gasteiger partial charge in [-0.05, 0) is 56.1 Å². The third kappa shape index (κ3) is 3.92. The number of pyridine rings is 2. The summed E-state index contributed by atoms with van der Waals surface area (Å²) in [6, 6.07) is 6.44. The molecule has 0 spiro atoms. The molecule has 94 valence electrons. The minimum Gasteiger partial charge on any atom is -0.427 e. The molecule has 0 N–H and O–H groups in total. The fraction of sp³-hybridized carbons (Fsp3) is 0.0909. The summed E-state index contributed by atoms with van der Waals surface area (Å²) in [5.41, 5.74) is 0. The van der Waals surface area contributed by atoms with Gasteiger partial charge in [0.1, 0.15) is 20.7 Å². The quantitative estimate of drug-likeness (QED) is 0.601. The van der Waals surface area contributed by atoms with Crippen molar-refractivity contribution in [3.8, 4) is 11.5 Å². The first kappa shape index (κ1) is 13.2. The summed E-state index contributed by atoms with van der Waals surface area (Å²) in [6.45, 7) is -1.92. The maximum Gasteiger partial charge on any atom is 0.397 e. The predicted molar refractivity (Wildman–Crippen MR) is 70.0 cm³/mol. The number of aromatic nitrogens is 2. The van der Waals surface area contributed by atoms with Crippen molar-refractivity contribution in [3.63, 3.8) is 0 Å². The molecule has 18 heavy (non-hydrogen) atoms. The van der Waals surface area contributed by atoms with Crippen LogP contribution in [0.2, 0.25) is 0 Å². The Labute approximate surface area is 119 Å². The van der Waals surface area contributed by atoms with Crippen LogP contribution in [0, 0.1) is 0 Å². The summed E-state index contributed by atoms with van der Waals surface area (Å²) in [5.74, 6) is 0.548. The van der Waals surface area contributed by atoms with Crippen molar-refractivity contribution in [2.45, 2.75) is 6.54 Å². The minimum absolute atomic E-state index is 0.274. The van der Waals surface area contributed by atoms with Gasteiger partial charge in [0.05, 0.1) is 12.4 Å². The second-order valence-corrected chi connectivity index (χ2v) is 4.77. The van der Waals surface area contributed by atoms with Crippen LogP contribution in [-0.2, 0) is 0 Å². The van der Waals surface area contributed by atoms with Gasteiger partial charge in [0.25, 0.3) is 0 Å². The van der Waals surface area contributed by atoms with E-state index in [1.54, 1.807) is 24.3 Å². The largest absolute Gasteiger partial charge is 0.427 e. The SMILES string of the molecule is FC(Oc1ccc(Br)nc1)Oc1ccc(Br)nc1. The van der Waals surface area contributed by atoms with Crippen molar-refractivity contribution in [2.75, 3.05) is 0 Å². The molecule has 0 aromatic carbocycles. The molecule has 2 rings (SSSR count). The fourth-order valence-electron chi connectivity index (χ4n) is 1.10. The van der Waals surface area contributed by atoms with E-state index >= 15 is 0 Å². The number of hydrogen-bond acceptors (Lipinski definition) is 4. The molecule has 0 bridgehead atoms. The number of ether oxygens (including phenoxy) is 2. The zero-order valence-electron chi connectivity index (χ0n) is 8.89. The van der Waals surface area contributed by atoms with E-state index in [2.05, 4.69) is 41.8 Å². The Balaban J connectivity index is 1.94. The van der Waals surface area contributed by atoms with Crippen molar-refractivity contribution < 1.29 is 13.9 Å². The van der Waals surface area contributed by atoms with E-state index in [1.807, 2.05) is 0 Å². The molecule has 2 aromatic heterocycles. The van der Waals surface area contributed by atoms with Gasteiger partial charge >= 0.3 is 6.54 Å². The lowest BCUT2D eigenvalue weighted by Crippen LogP contribution is -2.18. The number of alkyl halides is 1. The summed E-state index contributed by atoms with van der Waals surface area (Å²) in [6.07, 6.45) is 2.78. The van der Waals surface area contributed by atoms with E-state index in [0.717, 1.165) is 0 Å². The fourth-order valence-corrected chi connectivity index (χ4v) is 1.57. The zero-order valence-corrected chi connectivity index (χ0v) is 12.1. The van der Waals surface area contributed by atoms with Crippen LogP contribution < -0.4 is 9.47 Å². The van der Waals surface area contributed by atoms with Crippen LogP contribution in [0.15, 0.2) is 45.9 Å². The maximum absolute atomic E-state index is 13.5. The van der Waals surface area contributed by atoms with Gasteiger partial charge in [-0.25, -0.2) is 9.97 Å². The van der Waals surface area contributed by atoms with Crippen molar-refractivity contribution >= 4 is 31.9 Å². The Morgan fingerprint density at radius 2 is 1.33 bits per heavy atom. The first-order valence-electron chi connectivity index (χ1n) is 4.84. The van der Waals surface area contributed by atoms with Gasteiger partial charge in [0.2, 0.25) is 0 Å². The summed E-state index contributed by atoms with van der Waals surface area (Å²) >= 11 is 6.34. The van der Waals surface area contributed by atoms with E-state index in [0.29, 0.717) is 9.21 Å². The van der Waals surface area contributed by atoms with Crippen molar-refractivity contribution in [1.29, 1.82) is 0 Å². The molecule has 0 aliphatic rings. The van der Waals surface area contributed by atoms with Crippen LogP contribution in [-0.4, -0.2) is 16.5 Å². The number of rotatable bonds is 4. The highest BCUT2D eigenvalue weighted by Crippen LogP contribution is 2.18. The van der Waals surface area contributed by atoms with Crippen LogP contribution in [0.1, 0.15) is 0 Å². The van der Waals surface area contributed by atoms with Gasteiger partial charge in [-0.2, -0.15) is 4.39 Å². The highest BCUT2D eigenvalue weighted by Gasteiger charge is 2.10. The van der Waals surface area contributed by atoms with E-state index < -0.39 is 6.54 Å². The lowest BCUT2D eigenvalue weighted by Gasteiger charge is -2.12. The summed E-state index contributed by atoms with van der Waals surface area (Å²) in [5, 5.41) is 0. The standard InChI is InChI=1S/C11H7Br2FN2O2/c12-9-3-1-7(5-15-9)17-11(14)18-8-2-4-10(13)16-6-8/h1-6,11H. The number of nitrogens with zero attached hydrogens (tertiary/aromatic N) is 2. The van der Waals surface area contributed by atoms with E-state index in [9.17, 15) is 4.39 Å². The number of halogens is 3. The van der Waals surface area contributed by atoms with Gasteiger partial charge in [-0.3, -0.25) is 0 Å². The zero-order chi connectivity index (χ0) is 13.0. The first-order chi connectivity index (χ1) is 8.63. The lowest BCUT2D eigenvalue weighted by molar-refractivity contribution is -0.0984. The Hall–Kier alpha value is -1.21. The molecule has 0 atom stereocenters. The first-order valence-corrected chi connectivity index (χ1v) is 6.42. The van der Waals surface area contributed by atoms with Crippen LogP contribution in [0.3, 0.4) is 0 Å². The Morgan fingerprint density at radius 3 is 1.67 bits per heavy atom. The third-order valence-corrected chi connectivity index (χ3v) is 2.80. The third-order valence-electron chi connectivity index (χ3n) is 1.86. The highest BCUT2D eigenvalue weighted by atomic mass is 79.9. The van der Waals surface area contributed by atoms with Crippen LogP contribution in [0.5, 0.6) is 11.5 Å². The molecule has 0 unspecified atom stereocenters. The van der Waals surface area contributed by atoms with Gasteiger partial charge in [-0.15, -0.1) is 0 Å². The Morgan fingerprint density at radius 1 is 0.889 bits per heavy atom. The van der Waals surface area contributed by atoms with Crippen LogP contribution in [0.4, 0.5) is 4.39 Å². The Bertz CT molecular complexity index is 460. The van der Waals surface area contributed by atoms with Gasteiger partial charge in [0.15, 0.2) is 0 Å². The molecule has 0 radical (unpaired) electrons. The van der Waals surface area contributed by atoms with Gasteiger partial charge in [-0.1, -0.05) is 0 Å². The van der Waals surface area contributed by atoms with Gasteiger partial charge in [0, 0.05) is 0 Å². The Kier molecular flexibility index (Phi) is 4.48. The molecule has 2 heterocycles. The van der Waals surface area contributed by atoms with Crippen molar-refractivity contribution in [2.24, 2.45) is 0 Å². The minimum atomic E-state index is -1.92. The average molecular weight is 378 g/mol. The van der Waals surface area contributed by atoms with Gasteiger partial charge < -0.3 is 9.47 Å². The molecule has 0 aliphatic heterocycles. The molecule has 0 amide bonds. The highest BCUT2D eigenvalue weighted by molar-refractivity contribution is 9.10. The number of hydrogen-bond donors (Lipinski definition) is 0. The molecule has 0 saturated carbocycles. The maximum atomic E-state index is 13.5. The average Bonchev–Trinajstić information content (AvgIpc) is 2.35. The topological polar surface area (TPSA) is 44.2 Å². The molecular formula is C11H7Br2FN2O2. The van der Waals surface area contributed by atoms with E-state index in [1.165, 1.54) is 12.4 Å². The molecule has 0 fully saturated rings. The molecule has 2 aromatic rings. The lowest BCUT2D eigenvalue weighted by atomic mass is 10.5. The summed E-state index contributed by atoms with van der Waals surface area (Å²) in [7, 11) is 0. The predicted octanol–water partition coefficient (Wildman–Crippen LogP) is 3.71. The normalized spacial score (nSPS) is 10.4. The summed E-state index contributed by atoms with van der Waals surface area (Å²) < 4.78 is 24.5. The van der Waals surface area contributed by atoms with Crippen molar-refractivity contribution in [1.82, 2.24) is 9.97 Å². The monoisotopic (exact) mass is 376 g/mol. The van der Waals surface area contributed by atoms with E-state index in [4.69, 9.17) is 9.47 Å². The smallest absolute Gasteiger partial charge is 0.397 e. The second kappa shape index (κ2) is 6.10.